The minimum absolute atomic E-state index is 0.0224. The first kappa shape index (κ1) is 28.8. The molecule has 226 valence electrons. The molecule has 2 unspecified atom stereocenters. The molecule has 1 aromatic heterocycles. The van der Waals surface area contributed by atoms with Crippen LogP contribution in [-0.4, -0.2) is 94.6 Å². The number of nitrogens with one attached hydrogen (secondary N) is 1. The first-order chi connectivity index (χ1) is 20.3. The van der Waals surface area contributed by atoms with Crippen molar-refractivity contribution in [3.05, 3.63) is 42.1 Å². The fourth-order valence-corrected chi connectivity index (χ4v) is 7.52. The van der Waals surface area contributed by atoms with Gasteiger partial charge in [-0.25, -0.2) is 18.7 Å². The van der Waals surface area contributed by atoms with E-state index in [1.807, 2.05) is 30.6 Å². The zero-order chi connectivity index (χ0) is 29.5. The maximum Gasteiger partial charge on any atom is 0.256 e. The number of nitrogens with zero attached hydrogens (tertiary/aromatic N) is 6. The topological polar surface area (TPSA) is 84.9 Å². The van der Waals surface area contributed by atoms with Crippen molar-refractivity contribution in [3.8, 4) is 0 Å². The van der Waals surface area contributed by atoms with Crippen LogP contribution in [0.25, 0.3) is 0 Å². The quantitative estimate of drug-likeness (QED) is 0.554. The van der Waals surface area contributed by atoms with Gasteiger partial charge in [0.2, 0.25) is 5.91 Å². The van der Waals surface area contributed by atoms with Gasteiger partial charge in [-0.05, 0) is 71.1 Å². The molecule has 42 heavy (non-hydrogen) atoms. The summed E-state index contributed by atoms with van der Waals surface area (Å²) in [5, 5.41) is 3.36. The Labute approximate surface area is 246 Å². The van der Waals surface area contributed by atoms with Crippen molar-refractivity contribution >= 4 is 29.0 Å². The Morgan fingerprint density at radius 3 is 2.69 bits per heavy atom. The lowest BCUT2D eigenvalue weighted by atomic mass is 9.97. The van der Waals surface area contributed by atoms with Crippen LogP contribution in [0.1, 0.15) is 63.2 Å². The Balaban J connectivity index is 1.22. The van der Waals surface area contributed by atoms with Crippen LogP contribution in [0.4, 0.5) is 26.0 Å². The van der Waals surface area contributed by atoms with E-state index in [2.05, 4.69) is 20.2 Å². The van der Waals surface area contributed by atoms with Crippen LogP contribution in [0.15, 0.2) is 30.7 Å². The predicted molar refractivity (Wildman–Crippen MR) is 157 cm³/mol. The number of anilines is 3. The summed E-state index contributed by atoms with van der Waals surface area (Å²) in [4.78, 5) is 43.9. The maximum atomic E-state index is 14.5. The fraction of sp³-hybridized carbons (Fsp3) is 0.613. The van der Waals surface area contributed by atoms with Gasteiger partial charge in [0.1, 0.15) is 24.0 Å². The van der Waals surface area contributed by atoms with E-state index in [0.717, 1.165) is 37.2 Å². The molecule has 1 N–H and O–H groups in total. The summed E-state index contributed by atoms with van der Waals surface area (Å²) < 4.78 is 28.8. The highest BCUT2D eigenvalue weighted by molar-refractivity contribution is 6.01. The van der Waals surface area contributed by atoms with Crippen molar-refractivity contribution < 1.29 is 18.4 Å². The van der Waals surface area contributed by atoms with Gasteiger partial charge in [0, 0.05) is 56.8 Å². The monoisotopic (exact) mass is 581 g/mol. The van der Waals surface area contributed by atoms with Gasteiger partial charge < -0.3 is 24.9 Å². The molecule has 2 saturated heterocycles. The van der Waals surface area contributed by atoms with Crippen molar-refractivity contribution in [2.45, 2.75) is 83.2 Å². The SMILES string of the molecule is CCN(C(=O)c1cc(F)ccc1N1CCN([C@H]2CCCN(C(=O)[C@H]3NC4CC3[C@H](F)C4)CC2)c2ncncc21)C(C)C. The Morgan fingerprint density at radius 1 is 1.12 bits per heavy atom. The molecule has 5 atom stereocenters. The van der Waals surface area contributed by atoms with Crippen LogP contribution in [0.2, 0.25) is 0 Å². The van der Waals surface area contributed by atoms with E-state index in [-0.39, 0.29) is 35.9 Å². The number of likely N-dealkylation sites (tertiary alicyclic amines) is 1. The van der Waals surface area contributed by atoms with E-state index in [0.29, 0.717) is 50.4 Å². The van der Waals surface area contributed by atoms with E-state index < -0.39 is 18.0 Å². The Morgan fingerprint density at radius 2 is 1.95 bits per heavy atom. The number of carbonyl (C=O) groups excluding carboxylic acids is 2. The maximum absolute atomic E-state index is 14.5. The smallest absolute Gasteiger partial charge is 0.256 e. The molecule has 1 aromatic carbocycles. The molecule has 4 heterocycles. The molecular formula is C31H41F2N7O2. The summed E-state index contributed by atoms with van der Waals surface area (Å²) in [5.41, 5.74) is 1.73. The van der Waals surface area contributed by atoms with Gasteiger partial charge in [0.05, 0.1) is 23.5 Å². The summed E-state index contributed by atoms with van der Waals surface area (Å²) in [6.45, 7) is 8.88. The largest absolute Gasteiger partial charge is 0.350 e. The summed E-state index contributed by atoms with van der Waals surface area (Å²) >= 11 is 0. The van der Waals surface area contributed by atoms with Gasteiger partial charge in [-0.2, -0.15) is 0 Å². The summed E-state index contributed by atoms with van der Waals surface area (Å²) in [6.07, 6.45) is 6.23. The second kappa shape index (κ2) is 11.7. The van der Waals surface area contributed by atoms with Gasteiger partial charge in [-0.15, -0.1) is 0 Å². The lowest BCUT2D eigenvalue weighted by Gasteiger charge is -2.42. The third kappa shape index (κ3) is 5.20. The average Bonchev–Trinajstić information content (AvgIpc) is 3.47. The highest BCUT2D eigenvalue weighted by Crippen LogP contribution is 2.41. The van der Waals surface area contributed by atoms with Gasteiger partial charge in [0.15, 0.2) is 5.82 Å². The van der Waals surface area contributed by atoms with Gasteiger partial charge >= 0.3 is 0 Å². The number of fused-ring (bicyclic) bond motifs is 3. The van der Waals surface area contributed by atoms with Crippen molar-refractivity contribution in [2.75, 3.05) is 42.5 Å². The number of hydrogen-bond donors (Lipinski definition) is 1. The molecule has 2 aromatic rings. The second-order valence-corrected chi connectivity index (χ2v) is 12.3. The second-order valence-electron chi connectivity index (χ2n) is 12.3. The molecular weight excluding hydrogens is 540 g/mol. The van der Waals surface area contributed by atoms with E-state index in [9.17, 15) is 18.4 Å². The zero-order valence-corrected chi connectivity index (χ0v) is 24.7. The summed E-state index contributed by atoms with van der Waals surface area (Å²) in [6, 6.07) is 4.26. The Bertz CT molecular complexity index is 1330. The highest BCUT2D eigenvalue weighted by atomic mass is 19.1. The van der Waals surface area contributed by atoms with E-state index >= 15 is 0 Å². The van der Waals surface area contributed by atoms with Crippen LogP contribution in [0.3, 0.4) is 0 Å². The first-order valence-electron chi connectivity index (χ1n) is 15.4. The van der Waals surface area contributed by atoms with Crippen LogP contribution >= 0.6 is 0 Å². The number of carbonyl (C=O) groups is 2. The molecule has 0 spiro atoms. The lowest BCUT2D eigenvalue weighted by molar-refractivity contribution is -0.135. The number of amides is 2. The summed E-state index contributed by atoms with van der Waals surface area (Å²) in [7, 11) is 0. The standard InChI is InChI=1S/C31H41F2N7O2/c1-4-38(19(2)3)30(41)24-14-20(32)7-8-26(24)40-13-12-39(29-27(40)17-34-18-35-29)22-6-5-10-37(11-9-22)31(42)28-23-15-21(36-28)16-25(23)33/h7-8,14,17-19,21-23,25,28,36H,4-6,9-13,15-16H2,1-3H3/t21?,22-,23?,25+,28-/m0/s1. The molecule has 4 aliphatic rings. The van der Waals surface area contributed by atoms with Crippen molar-refractivity contribution in [1.82, 2.24) is 25.1 Å². The van der Waals surface area contributed by atoms with E-state index in [1.54, 1.807) is 17.2 Å². The van der Waals surface area contributed by atoms with E-state index in [1.165, 1.54) is 18.5 Å². The van der Waals surface area contributed by atoms with Crippen LogP contribution < -0.4 is 15.1 Å². The number of rotatable bonds is 6. The van der Waals surface area contributed by atoms with Crippen LogP contribution in [0, 0.1) is 11.7 Å². The molecule has 1 saturated carbocycles. The highest BCUT2D eigenvalue weighted by Gasteiger charge is 2.50. The van der Waals surface area contributed by atoms with Crippen molar-refractivity contribution in [2.24, 2.45) is 5.92 Å². The molecule has 11 heteroatoms. The van der Waals surface area contributed by atoms with Gasteiger partial charge in [-0.1, -0.05) is 0 Å². The van der Waals surface area contributed by atoms with Crippen molar-refractivity contribution in [1.29, 1.82) is 0 Å². The van der Waals surface area contributed by atoms with Crippen molar-refractivity contribution in [3.63, 3.8) is 0 Å². The van der Waals surface area contributed by atoms with Gasteiger partial charge in [-0.3, -0.25) is 9.59 Å². The molecule has 2 bridgehead atoms. The predicted octanol–water partition coefficient (Wildman–Crippen LogP) is 3.91. The zero-order valence-electron chi connectivity index (χ0n) is 24.7. The average molecular weight is 582 g/mol. The minimum atomic E-state index is -0.884. The molecule has 3 aliphatic heterocycles. The Hall–Kier alpha value is -3.34. The Kier molecular flexibility index (Phi) is 8.04. The minimum Gasteiger partial charge on any atom is -0.350 e. The summed E-state index contributed by atoms with van der Waals surface area (Å²) in [5.74, 6) is -0.0545. The number of benzene rings is 1. The van der Waals surface area contributed by atoms with E-state index in [4.69, 9.17) is 0 Å². The molecule has 0 radical (unpaired) electrons. The first-order valence-corrected chi connectivity index (χ1v) is 15.4. The lowest BCUT2D eigenvalue weighted by Crippen LogP contribution is -2.52. The molecule has 1 aliphatic carbocycles. The normalized spacial score (nSPS) is 27.3. The molecule has 9 nitrogen and oxygen atoms in total. The molecule has 3 fully saturated rings. The third-order valence-corrected chi connectivity index (χ3v) is 9.60. The third-order valence-electron chi connectivity index (χ3n) is 9.60. The van der Waals surface area contributed by atoms with Gasteiger partial charge in [0.25, 0.3) is 5.91 Å². The fourth-order valence-electron chi connectivity index (χ4n) is 7.52. The molecule has 6 rings (SSSR count). The number of halogens is 2. The number of aromatic nitrogens is 2. The van der Waals surface area contributed by atoms with Crippen LogP contribution in [0.5, 0.6) is 0 Å². The molecule has 2 amide bonds. The number of hydrogen-bond acceptors (Lipinski definition) is 7. The van der Waals surface area contributed by atoms with Crippen LogP contribution in [-0.2, 0) is 4.79 Å². The number of piperidine rings is 1. The number of alkyl halides is 1.